The van der Waals surface area contributed by atoms with Gasteiger partial charge in [0.2, 0.25) is 5.91 Å². The molecule has 1 N–H and O–H groups in total. The van der Waals surface area contributed by atoms with E-state index in [0.717, 1.165) is 32.4 Å². The van der Waals surface area contributed by atoms with E-state index in [9.17, 15) is 9.59 Å². The van der Waals surface area contributed by atoms with Gasteiger partial charge in [-0.3, -0.25) is 9.59 Å². The molecule has 0 radical (unpaired) electrons. The third kappa shape index (κ3) is 5.41. The van der Waals surface area contributed by atoms with E-state index < -0.39 is 6.04 Å². The Morgan fingerprint density at radius 2 is 1.67 bits per heavy atom. The van der Waals surface area contributed by atoms with Crippen LogP contribution in [0.1, 0.15) is 42.6 Å². The number of likely N-dealkylation sites (tertiary alicyclic amines) is 1. The first kappa shape index (κ1) is 21.9. The van der Waals surface area contributed by atoms with Crippen molar-refractivity contribution in [2.24, 2.45) is 11.8 Å². The zero-order chi connectivity index (χ0) is 21.5. The number of amides is 2. The second kappa shape index (κ2) is 10.3. The molecule has 2 aromatic carbocycles. The number of carbonyl (C=O) groups excluding carboxylic acids is 2. The Morgan fingerprint density at radius 1 is 1.03 bits per heavy atom. The summed E-state index contributed by atoms with van der Waals surface area (Å²) in [6.45, 7) is 5.41. The van der Waals surface area contributed by atoms with Crippen molar-refractivity contribution in [1.29, 1.82) is 0 Å². The Hall–Kier alpha value is -2.82. The van der Waals surface area contributed by atoms with E-state index in [1.54, 1.807) is 18.2 Å². The summed E-state index contributed by atoms with van der Waals surface area (Å²) in [6, 6.07) is 17.0. The van der Waals surface area contributed by atoms with Gasteiger partial charge in [-0.1, -0.05) is 56.3 Å². The molecule has 5 nitrogen and oxygen atoms in total. The molecule has 2 aromatic rings. The van der Waals surface area contributed by atoms with E-state index in [-0.39, 0.29) is 17.7 Å². The average molecular weight is 409 g/mol. The SMILES string of the molecule is COc1ccccc1C(=O)N[C@H](C(=O)N1CCC(Cc2ccccc2)CC1)C(C)C. The average Bonchev–Trinajstić information content (AvgIpc) is 2.78. The molecule has 160 valence electrons. The standard InChI is InChI=1S/C25H32N2O3/c1-18(2)23(26-24(28)21-11-7-8-12-22(21)30-3)25(29)27-15-13-20(14-16-27)17-19-9-5-4-6-10-19/h4-12,18,20,23H,13-17H2,1-3H3,(H,26,28)/t23-/m0/s1. The maximum atomic E-state index is 13.2. The lowest BCUT2D eigenvalue weighted by molar-refractivity contribution is -0.135. The van der Waals surface area contributed by atoms with Crippen molar-refractivity contribution in [3.05, 3.63) is 65.7 Å². The topological polar surface area (TPSA) is 58.6 Å². The lowest BCUT2D eigenvalue weighted by Gasteiger charge is -2.35. The van der Waals surface area contributed by atoms with Crippen molar-refractivity contribution in [3.63, 3.8) is 0 Å². The number of hydrogen-bond acceptors (Lipinski definition) is 3. The van der Waals surface area contributed by atoms with Crippen molar-refractivity contribution in [3.8, 4) is 5.75 Å². The van der Waals surface area contributed by atoms with Gasteiger partial charge in [0.1, 0.15) is 11.8 Å². The Kier molecular flexibility index (Phi) is 7.50. The Bertz CT molecular complexity index is 842. The van der Waals surface area contributed by atoms with Gasteiger partial charge in [-0.05, 0) is 48.8 Å². The number of nitrogens with one attached hydrogen (secondary N) is 1. The van der Waals surface area contributed by atoms with Crippen LogP contribution in [0.5, 0.6) is 5.75 Å². The second-order valence-corrected chi connectivity index (χ2v) is 8.35. The lowest BCUT2D eigenvalue weighted by atomic mass is 9.89. The van der Waals surface area contributed by atoms with Crippen LogP contribution in [0.3, 0.4) is 0 Å². The summed E-state index contributed by atoms with van der Waals surface area (Å²) >= 11 is 0. The van der Waals surface area contributed by atoms with Gasteiger partial charge in [0.05, 0.1) is 12.7 Å². The van der Waals surface area contributed by atoms with E-state index in [2.05, 4.69) is 29.6 Å². The van der Waals surface area contributed by atoms with Crippen LogP contribution in [0.25, 0.3) is 0 Å². The second-order valence-electron chi connectivity index (χ2n) is 8.35. The molecule has 3 rings (SSSR count). The summed E-state index contributed by atoms with van der Waals surface area (Å²) in [7, 11) is 1.54. The molecule has 0 saturated carbocycles. The molecular weight excluding hydrogens is 376 g/mol. The van der Waals surface area contributed by atoms with Gasteiger partial charge in [-0.2, -0.15) is 0 Å². The summed E-state index contributed by atoms with van der Waals surface area (Å²) in [5, 5.41) is 2.95. The Morgan fingerprint density at radius 3 is 2.30 bits per heavy atom. The highest BCUT2D eigenvalue weighted by atomic mass is 16.5. The van der Waals surface area contributed by atoms with Gasteiger partial charge in [0, 0.05) is 13.1 Å². The van der Waals surface area contributed by atoms with E-state index in [1.165, 1.54) is 12.7 Å². The number of piperidine rings is 1. The van der Waals surface area contributed by atoms with Crippen LogP contribution in [0.2, 0.25) is 0 Å². The minimum Gasteiger partial charge on any atom is -0.496 e. The van der Waals surface area contributed by atoms with Gasteiger partial charge in [-0.25, -0.2) is 0 Å². The van der Waals surface area contributed by atoms with Gasteiger partial charge >= 0.3 is 0 Å². The summed E-state index contributed by atoms with van der Waals surface area (Å²) in [6.07, 6.45) is 3.04. The van der Waals surface area contributed by atoms with Gasteiger partial charge in [-0.15, -0.1) is 0 Å². The van der Waals surface area contributed by atoms with Crippen molar-refractivity contribution in [1.82, 2.24) is 10.2 Å². The van der Waals surface area contributed by atoms with E-state index in [4.69, 9.17) is 4.74 Å². The quantitative estimate of drug-likeness (QED) is 0.755. The van der Waals surface area contributed by atoms with Crippen molar-refractivity contribution in [2.75, 3.05) is 20.2 Å². The van der Waals surface area contributed by atoms with Crippen LogP contribution in [0.4, 0.5) is 0 Å². The maximum Gasteiger partial charge on any atom is 0.255 e. The minimum atomic E-state index is -0.548. The third-order valence-corrected chi connectivity index (χ3v) is 5.86. The predicted octanol–water partition coefficient (Wildman–Crippen LogP) is 3.93. The molecular formula is C25H32N2O3. The first-order chi connectivity index (χ1) is 14.5. The van der Waals surface area contributed by atoms with Crippen molar-refractivity contribution < 1.29 is 14.3 Å². The Balaban J connectivity index is 1.60. The summed E-state index contributed by atoms with van der Waals surface area (Å²) in [4.78, 5) is 27.9. The number of nitrogens with zero attached hydrogens (tertiary/aromatic N) is 1. The fourth-order valence-electron chi connectivity index (χ4n) is 4.07. The molecule has 1 fully saturated rings. The minimum absolute atomic E-state index is 0.00167. The van der Waals surface area contributed by atoms with Crippen LogP contribution in [-0.4, -0.2) is 43.0 Å². The molecule has 0 aromatic heterocycles. The molecule has 1 saturated heterocycles. The number of ether oxygens (including phenoxy) is 1. The molecule has 1 heterocycles. The number of hydrogen-bond donors (Lipinski definition) is 1. The molecule has 1 aliphatic rings. The normalized spacial score (nSPS) is 15.7. The van der Waals surface area contributed by atoms with Gasteiger partial charge in [0.15, 0.2) is 0 Å². The van der Waals surface area contributed by atoms with Crippen molar-refractivity contribution in [2.45, 2.75) is 39.2 Å². The highest BCUT2D eigenvalue weighted by Gasteiger charge is 2.31. The zero-order valence-corrected chi connectivity index (χ0v) is 18.1. The monoisotopic (exact) mass is 408 g/mol. The highest BCUT2D eigenvalue weighted by molar-refractivity contribution is 5.99. The van der Waals surface area contributed by atoms with Gasteiger partial charge < -0.3 is 15.0 Å². The van der Waals surface area contributed by atoms with E-state index >= 15 is 0 Å². The smallest absolute Gasteiger partial charge is 0.255 e. The first-order valence-electron chi connectivity index (χ1n) is 10.8. The molecule has 0 aliphatic carbocycles. The molecule has 1 aliphatic heterocycles. The molecule has 0 unspecified atom stereocenters. The molecule has 0 spiro atoms. The lowest BCUT2D eigenvalue weighted by Crippen LogP contribution is -2.53. The van der Waals surface area contributed by atoms with Crippen LogP contribution >= 0.6 is 0 Å². The molecule has 1 atom stereocenters. The number of para-hydroxylation sites is 1. The van der Waals surface area contributed by atoms with Crippen LogP contribution < -0.4 is 10.1 Å². The number of rotatable bonds is 7. The summed E-state index contributed by atoms with van der Waals surface area (Å²) in [5.74, 6) is 0.826. The van der Waals surface area contributed by atoms with Gasteiger partial charge in [0.25, 0.3) is 5.91 Å². The number of methoxy groups -OCH3 is 1. The molecule has 0 bridgehead atoms. The molecule has 30 heavy (non-hydrogen) atoms. The van der Waals surface area contributed by atoms with Crippen molar-refractivity contribution >= 4 is 11.8 Å². The number of benzene rings is 2. The largest absolute Gasteiger partial charge is 0.496 e. The van der Waals surface area contributed by atoms with E-state index in [1.807, 2.05) is 30.9 Å². The van der Waals surface area contributed by atoms with Crippen LogP contribution in [0.15, 0.2) is 54.6 Å². The fraction of sp³-hybridized carbons (Fsp3) is 0.440. The highest BCUT2D eigenvalue weighted by Crippen LogP contribution is 2.23. The maximum absolute atomic E-state index is 13.2. The zero-order valence-electron chi connectivity index (χ0n) is 18.1. The fourth-order valence-corrected chi connectivity index (χ4v) is 4.07. The molecule has 2 amide bonds. The van der Waals surface area contributed by atoms with Crippen LogP contribution in [-0.2, 0) is 11.2 Å². The third-order valence-electron chi connectivity index (χ3n) is 5.86. The van der Waals surface area contributed by atoms with Crippen LogP contribution in [0, 0.1) is 11.8 Å². The summed E-state index contributed by atoms with van der Waals surface area (Å²) < 4.78 is 5.29. The number of carbonyl (C=O) groups is 2. The predicted molar refractivity (Wildman–Crippen MR) is 119 cm³/mol. The summed E-state index contributed by atoms with van der Waals surface area (Å²) in [5.41, 5.74) is 1.80. The first-order valence-corrected chi connectivity index (χ1v) is 10.8. The Labute approximate surface area is 179 Å². The van der Waals surface area contributed by atoms with E-state index in [0.29, 0.717) is 17.2 Å². The molecule has 5 heteroatoms.